The molecular formula is C21H21N3O4. The van der Waals surface area contributed by atoms with Gasteiger partial charge in [0.25, 0.3) is 5.69 Å². The summed E-state index contributed by atoms with van der Waals surface area (Å²) >= 11 is 0. The molecule has 7 nitrogen and oxygen atoms in total. The minimum absolute atomic E-state index is 0.00651. The van der Waals surface area contributed by atoms with Crippen LogP contribution < -0.4 is 0 Å². The van der Waals surface area contributed by atoms with E-state index in [4.69, 9.17) is 4.74 Å². The standard InChI is InChI=1S/C21H21N3O4/c1-4-28-21(25)20-15(3)23(13-16-9-11-22-12-10-16)14(2)19(20)17-5-7-18(8-6-17)24(26)27/h5-12H,4,13H2,1-3H3. The molecule has 0 aliphatic rings. The van der Waals surface area contributed by atoms with Crippen LogP contribution in [0.2, 0.25) is 0 Å². The van der Waals surface area contributed by atoms with Gasteiger partial charge in [-0.15, -0.1) is 0 Å². The first-order valence-electron chi connectivity index (χ1n) is 8.94. The van der Waals surface area contributed by atoms with Crippen LogP contribution in [0.4, 0.5) is 5.69 Å². The molecule has 0 aliphatic carbocycles. The normalized spacial score (nSPS) is 10.7. The number of pyridine rings is 1. The van der Waals surface area contributed by atoms with Gasteiger partial charge >= 0.3 is 5.97 Å². The molecule has 2 heterocycles. The number of aromatic nitrogens is 2. The summed E-state index contributed by atoms with van der Waals surface area (Å²) in [4.78, 5) is 27.3. The minimum atomic E-state index is -0.442. The lowest BCUT2D eigenvalue weighted by molar-refractivity contribution is -0.384. The van der Waals surface area contributed by atoms with Crippen LogP contribution in [0.5, 0.6) is 0 Å². The summed E-state index contributed by atoms with van der Waals surface area (Å²) in [5.41, 5.74) is 4.71. The summed E-state index contributed by atoms with van der Waals surface area (Å²) in [7, 11) is 0. The van der Waals surface area contributed by atoms with Crippen LogP contribution in [0.15, 0.2) is 48.8 Å². The molecule has 2 aromatic heterocycles. The molecular weight excluding hydrogens is 358 g/mol. The van der Waals surface area contributed by atoms with Gasteiger partial charge in [-0.05, 0) is 56.2 Å². The molecule has 0 atom stereocenters. The second kappa shape index (κ2) is 8.04. The van der Waals surface area contributed by atoms with Gasteiger partial charge in [-0.3, -0.25) is 15.1 Å². The Morgan fingerprint density at radius 2 is 1.75 bits per heavy atom. The van der Waals surface area contributed by atoms with E-state index in [0.29, 0.717) is 12.1 Å². The Labute approximate surface area is 162 Å². The second-order valence-corrected chi connectivity index (χ2v) is 6.39. The number of hydrogen-bond acceptors (Lipinski definition) is 5. The highest BCUT2D eigenvalue weighted by Gasteiger charge is 2.25. The topological polar surface area (TPSA) is 87.3 Å². The number of hydrogen-bond donors (Lipinski definition) is 0. The number of nitro benzene ring substituents is 1. The maximum absolute atomic E-state index is 12.7. The van der Waals surface area contributed by atoms with E-state index in [1.165, 1.54) is 12.1 Å². The Morgan fingerprint density at radius 3 is 2.32 bits per heavy atom. The number of non-ortho nitro benzene ring substituents is 1. The predicted octanol–water partition coefficient (Wildman–Crippen LogP) is 4.30. The lowest BCUT2D eigenvalue weighted by atomic mass is 10.0. The molecule has 0 saturated heterocycles. The van der Waals surface area contributed by atoms with Crippen molar-refractivity contribution in [2.45, 2.75) is 27.3 Å². The van der Waals surface area contributed by atoms with Crippen LogP contribution in [0, 0.1) is 24.0 Å². The van der Waals surface area contributed by atoms with Gasteiger partial charge in [0.1, 0.15) is 0 Å². The molecule has 7 heteroatoms. The molecule has 0 aliphatic heterocycles. The number of nitro groups is 1. The zero-order valence-corrected chi connectivity index (χ0v) is 16.0. The number of ether oxygens (including phenoxy) is 1. The van der Waals surface area contributed by atoms with Crippen molar-refractivity contribution >= 4 is 11.7 Å². The van der Waals surface area contributed by atoms with Gasteiger partial charge in [0.15, 0.2) is 0 Å². The zero-order valence-electron chi connectivity index (χ0n) is 16.0. The molecule has 0 radical (unpaired) electrons. The maximum atomic E-state index is 12.7. The third kappa shape index (κ3) is 3.64. The fourth-order valence-corrected chi connectivity index (χ4v) is 3.35. The van der Waals surface area contributed by atoms with Crippen molar-refractivity contribution in [2.24, 2.45) is 0 Å². The van der Waals surface area contributed by atoms with Gasteiger partial charge in [-0.25, -0.2) is 4.79 Å². The molecule has 28 heavy (non-hydrogen) atoms. The van der Waals surface area contributed by atoms with Crippen molar-refractivity contribution < 1.29 is 14.5 Å². The summed E-state index contributed by atoms with van der Waals surface area (Å²) in [6.45, 7) is 6.44. The number of nitrogens with zero attached hydrogens (tertiary/aromatic N) is 3. The molecule has 3 rings (SSSR count). The monoisotopic (exact) mass is 379 g/mol. The molecule has 0 unspecified atom stereocenters. The molecule has 3 aromatic rings. The van der Waals surface area contributed by atoms with E-state index in [-0.39, 0.29) is 12.3 Å². The van der Waals surface area contributed by atoms with Crippen LogP contribution in [0.3, 0.4) is 0 Å². The lowest BCUT2D eigenvalue weighted by Crippen LogP contribution is -2.09. The summed E-state index contributed by atoms with van der Waals surface area (Å²) in [5, 5.41) is 11.0. The van der Waals surface area contributed by atoms with E-state index in [2.05, 4.69) is 9.55 Å². The van der Waals surface area contributed by atoms with E-state index in [1.54, 1.807) is 31.5 Å². The molecule has 0 bridgehead atoms. The Hall–Kier alpha value is -3.48. The number of carbonyl (C=O) groups excluding carboxylic acids is 1. The Morgan fingerprint density at radius 1 is 1.11 bits per heavy atom. The summed E-state index contributed by atoms with van der Waals surface area (Å²) in [6, 6.07) is 10.1. The van der Waals surface area contributed by atoms with Crippen LogP contribution in [-0.4, -0.2) is 27.1 Å². The van der Waals surface area contributed by atoms with Crippen molar-refractivity contribution in [3.63, 3.8) is 0 Å². The Balaban J connectivity index is 2.15. The van der Waals surface area contributed by atoms with Crippen molar-refractivity contribution in [3.8, 4) is 11.1 Å². The van der Waals surface area contributed by atoms with Gasteiger partial charge < -0.3 is 9.30 Å². The molecule has 144 valence electrons. The van der Waals surface area contributed by atoms with Crippen LogP contribution in [-0.2, 0) is 11.3 Å². The minimum Gasteiger partial charge on any atom is -0.462 e. The van der Waals surface area contributed by atoms with Crippen molar-refractivity contribution in [3.05, 3.63) is 81.4 Å². The molecule has 0 amide bonds. The summed E-state index contributed by atoms with van der Waals surface area (Å²) in [6.07, 6.45) is 3.46. The SMILES string of the molecule is CCOC(=O)c1c(-c2ccc([N+](=O)[O-])cc2)c(C)n(Cc2ccncc2)c1C. The number of benzene rings is 1. The number of carbonyl (C=O) groups is 1. The first kappa shape index (κ1) is 19.3. The van der Waals surface area contributed by atoms with Crippen molar-refractivity contribution in [1.29, 1.82) is 0 Å². The zero-order chi connectivity index (χ0) is 20.3. The highest BCUT2D eigenvalue weighted by atomic mass is 16.6. The molecule has 0 spiro atoms. The van der Waals surface area contributed by atoms with Gasteiger partial charge in [-0.2, -0.15) is 0 Å². The third-order valence-electron chi connectivity index (χ3n) is 4.72. The molecule has 1 aromatic carbocycles. The summed E-state index contributed by atoms with van der Waals surface area (Å²) in [5.74, 6) is -0.398. The first-order chi connectivity index (χ1) is 13.4. The smallest absolute Gasteiger partial charge is 0.340 e. The first-order valence-corrected chi connectivity index (χ1v) is 8.94. The van der Waals surface area contributed by atoms with Crippen LogP contribution >= 0.6 is 0 Å². The van der Waals surface area contributed by atoms with E-state index >= 15 is 0 Å². The van der Waals surface area contributed by atoms with Crippen molar-refractivity contribution in [2.75, 3.05) is 6.61 Å². The largest absolute Gasteiger partial charge is 0.462 e. The Bertz CT molecular complexity index is 1010. The second-order valence-electron chi connectivity index (χ2n) is 6.39. The van der Waals surface area contributed by atoms with Crippen LogP contribution in [0.1, 0.15) is 34.2 Å². The Kier molecular flexibility index (Phi) is 5.54. The van der Waals surface area contributed by atoms with E-state index < -0.39 is 10.9 Å². The predicted molar refractivity (Wildman–Crippen MR) is 105 cm³/mol. The fourth-order valence-electron chi connectivity index (χ4n) is 3.35. The molecule has 0 saturated carbocycles. The summed E-state index contributed by atoms with van der Waals surface area (Å²) < 4.78 is 7.33. The maximum Gasteiger partial charge on any atom is 0.340 e. The van der Waals surface area contributed by atoms with Gasteiger partial charge in [0.2, 0.25) is 0 Å². The lowest BCUT2D eigenvalue weighted by Gasteiger charge is -2.10. The number of esters is 1. The van der Waals surface area contributed by atoms with E-state index in [9.17, 15) is 14.9 Å². The van der Waals surface area contributed by atoms with Gasteiger partial charge in [0.05, 0.1) is 17.1 Å². The highest BCUT2D eigenvalue weighted by Crippen LogP contribution is 2.34. The van der Waals surface area contributed by atoms with Crippen molar-refractivity contribution in [1.82, 2.24) is 9.55 Å². The van der Waals surface area contributed by atoms with Gasteiger partial charge in [-0.1, -0.05) is 0 Å². The fraction of sp³-hybridized carbons (Fsp3) is 0.238. The highest BCUT2D eigenvalue weighted by molar-refractivity contribution is 5.99. The van der Waals surface area contributed by atoms with E-state index in [1.807, 2.05) is 26.0 Å². The quantitative estimate of drug-likeness (QED) is 0.362. The average molecular weight is 379 g/mol. The molecule has 0 fully saturated rings. The third-order valence-corrected chi connectivity index (χ3v) is 4.72. The molecule has 0 N–H and O–H groups in total. The van der Waals surface area contributed by atoms with E-state index in [0.717, 1.165) is 28.1 Å². The average Bonchev–Trinajstić information content (AvgIpc) is 2.94. The number of rotatable bonds is 6. The van der Waals surface area contributed by atoms with Crippen LogP contribution in [0.25, 0.3) is 11.1 Å². The van der Waals surface area contributed by atoms with Gasteiger partial charge in [0, 0.05) is 48.0 Å².